The minimum absolute atomic E-state index is 0.197. The lowest BCUT2D eigenvalue weighted by Crippen LogP contribution is -2.47. The van der Waals surface area contributed by atoms with E-state index in [0.717, 1.165) is 11.1 Å². The fourth-order valence-corrected chi connectivity index (χ4v) is 3.37. The molecule has 3 amide bonds. The number of aromatic nitrogens is 1. The van der Waals surface area contributed by atoms with Crippen LogP contribution in [-0.2, 0) is 16.8 Å². The van der Waals surface area contributed by atoms with Crippen LogP contribution in [0.25, 0.3) is 0 Å². The molecule has 6 nitrogen and oxygen atoms in total. The van der Waals surface area contributed by atoms with Gasteiger partial charge in [-0.1, -0.05) is 18.2 Å². The molecule has 1 aromatic carbocycles. The molecule has 1 spiro atoms. The number of urea groups is 1. The van der Waals surface area contributed by atoms with E-state index in [1.165, 1.54) is 4.90 Å². The van der Waals surface area contributed by atoms with Crippen LogP contribution in [0.1, 0.15) is 17.5 Å². The van der Waals surface area contributed by atoms with E-state index in [2.05, 4.69) is 10.3 Å². The van der Waals surface area contributed by atoms with Crippen LogP contribution in [0.15, 0.2) is 48.8 Å². The van der Waals surface area contributed by atoms with Gasteiger partial charge in [0.15, 0.2) is 5.54 Å². The van der Waals surface area contributed by atoms with Gasteiger partial charge in [0.2, 0.25) is 0 Å². The number of pyridine rings is 1. The standard InChI is InChI=1S/C18H17N3O3/c22-16-18(8-12-24-15-4-2-1-3-14(15)18)20-17(23)21(16)11-7-13-5-9-19-10-6-13/h1-6,9-10H,7-8,11-12H2,(H,20,23)/t18-/m0/s1. The highest BCUT2D eigenvalue weighted by molar-refractivity contribution is 6.08. The number of para-hydroxylation sites is 1. The number of carbonyl (C=O) groups excluding carboxylic acids is 2. The number of benzene rings is 1. The van der Waals surface area contributed by atoms with Gasteiger partial charge < -0.3 is 10.1 Å². The Morgan fingerprint density at radius 3 is 2.79 bits per heavy atom. The minimum atomic E-state index is -0.996. The number of nitrogens with one attached hydrogen (secondary N) is 1. The van der Waals surface area contributed by atoms with Crippen LogP contribution in [0.5, 0.6) is 5.75 Å². The predicted octanol–water partition coefficient (Wildman–Crippen LogP) is 1.85. The number of nitrogens with zero attached hydrogens (tertiary/aromatic N) is 2. The van der Waals surface area contributed by atoms with Gasteiger partial charge in [0.1, 0.15) is 5.75 Å². The van der Waals surface area contributed by atoms with Crippen molar-refractivity contribution < 1.29 is 14.3 Å². The van der Waals surface area contributed by atoms with Gasteiger partial charge in [-0.3, -0.25) is 14.7 Å². The molecule has 2 aliphatic rings. The van der Waals surface area contributed by atoms with E-state index in [1.807, 2.05) is 36.4 Å². The zero-order valence-electron chi connectivity index (χ0n) is 13.1. The summed E-state index contributed by atoms with van der Waals surface area (Å²) in [7, 11) is 0. The van der Waals surface area contributed by atoms with Crippen LogP contribution in [0.3, 0.4) is 0 Å². The molecule has 0 bridgehead atoms. The average Bonchev–Trinajstić information content (AvgIpc) is 2.85. The second-order valence-electron chi connectivity index (χ2n) is 5.99. The molecule has 1 fully saturated rings. The summed E-state index contributed by atoms with van der Waals surface area (Å²) in [4.78, 5) is 30.8. The van der Waals surface area contributed by atoms with E-state index >= 15 is 0 Å². The van der Waals surface area contributed by atoms with Crippen LogP contribution in [-0.4, -0.2) is 35.0 Å². The number of amides is 3. The lowest BCUT2D eigenvalue weighted by molar-refractivity contribution is -0.132. The molecule has 3 heterocycles. The summed E-state index contributed by atoms with van der Waals surface area (Å²) in [5.74, 6) is 0.464. The molecule has 0 aliphatic carbocycles. The summed E-state index contributed by atoms with van der Waals surface area (Å²) >= 11 is 0. The van der Waals surface area contributed by atoms with E-state index < -0.39 is 5.54 Å². The number of hydrogen-bond acceptors (Lipinski definition) is 4. The third-order valence-corrected chi connectivity index (χ3v) is 4.63. The fraction of sp³-hybridized carbons (Fsp3) is 0.278. The molecule has 6 heteroatoms. The van der Waals surface area contributed by atoms with E-state index in [9.17, 15) is 9.59 Å². The molecular formula is C18H17N3O3. The number of ether oxygens (including phenoxy) is 1. The van der Waals surface area contributed by atoms with Crippen molar-refractivity contribution in [3.63, 3.8) is 0 Å². The first-order valence-electron chi connectivity index (χ1n) is 7.96. The van der Waals surface area contributed by atoms with Crippen LogP contribution < -0.4 is 10.1 Å². The highest BCUT2D eigenvalue weighted by Gasteiger charge is 2.54. The maximum atomic E-state index is 13.1. The summed E-state index contributed by atoms with van der Waals surface area (Å²) < 4.78 is 5.63. The van der Waals surface area contributed by atoms with Crippen LogP contribution in [0.2, 0.25) is 0 Å². The molecule has 0 saturated carbocycles. The maximum absolute atomic E-state index is 13.1. The Morgan fingerprint density at radius 1 is 1.17 bits per heavy atom. The zero-order chi connectivity index (χ0) is 16.6. The van der Waals surface area contributed by atoms with Gasteiger partial charge in [0, 0.05) is 30.9 Å². The number of carbonyl (C=O) groups is 2. The predicted molar refractivity (Wildman–Crippen MR) is 86.4 cm³/mol. The Hall–Kier alpha value is -2.89. The molecule has 1 aromatic heterocycles. The van der Waals surface area contributed by atoms with Gasteiger partial charge in [0.05, 0.1) is 6.61 Å². The number of hydrogen-bond donors (Lipinski definition) is 1. The summed E-state index contributed by atoms with van der Waals surface area (Å²) in [6.07, 6.45) is 4.46. The molecule has 0 unspecified atom stereocenters. The van der Waals surface area contributed by atoms with Gasteiger partial charge in [-0.15, -0.1) is 0 Å². The lowest BCUT2D eigenvalue weighted by atomic mass is 9.84. The minimum Gasteiger partial charge on any atom is -0.493 e. The van der Waals surface area contributed by atoms with Crippen molar-refractivity contribution in [3.8, 4) is 5.75 Å². The monoisotopic (exact) mass is 323 g/mol. The van der Waals surface area contributed by atoms with Crippen molar-refractivity contribution in [2.75, 3.05) is 13.2 Å². The van der Waals surface area contributed by atoms with Gasteiger partial charge in [-0.2, -0.15) is 0 Å². The molecule has 2 aliphatic heterocycles. The van der Waals surface area contributed by atoms with Crippen molar-refractivity contribution in [1.82, 2.24) is 15.2 Å². The van der Waals surface area contributed by atoms with Crippen molar-refractivity contribution in [3.05, 3.63) is 59.9 Å². The summed E-state index contributed by atoms with van der Waals surface area (Å²) in [5.41, 5.74) is 0.782. The molecule has 2 aromatic rings. The van der Waals surface area contributed by atoms with Crippen LogP contribution in [0.4, 0.5) is 4.79 Å². The molecule has 1 N–H and O–H groups in total. The first kappa shape index (κ1) is 14.7. The summed E-state index contributed by atoms with van der Waals surface area (Å²) in [6, 6.07) is 10.8. The number of fused-ring (bicyclic) bond motifs is 2. The fourth-order valence-electron chi connectivity index (χ4n) is 3.37. The topological polar surface area (TPSA) is 71.5 Å². The first-order valence-corrected chi connectivity index (χ1v) is 7.96. The Labute approximate surface area is 139 Å². The number of imide groups is 1. The van der Waals surface area contributed by atoms with E-state index in [1.54, 1.807) is 12.4 Å². The quantitative estimate of drug-likeness (QED) is 0.875. The second-order valence-corrected chi connectivity index (χ2v) is 5.99. The van der Waals surface area contributed by atoms with Gasteiger partial charge >= 0.3 is 6.03 Å². The SMILES string of the molecule is O=C1N[C@]2(CCOc3ccccc32)C(=O)N1CCc1ccncc1. The molecular weight excluding hydrogens is 306 g/mol. The van der Waals surface area contributed by atoms with E-state index in [4.69, 9.17) is 4.74 Å². The largest absolute Gasteiger partial charge is 0.493 e. The highest BCUT2D eigenvalue weighted by atomic mass is 16.5. The average molecular weight is 323 g/mol. The van der Waals surface area contributed by atoms with Crippen molar-refractivity contribution in [2.45, 2.75) is 18.4 Å². The highest BCUT2D eigenvalue weighted by Crippen LogP contribution is 2.40. The third-order valence-electron chi connectivity index (χ3n) is 4.63. The maximum Gasteiger partial charge on any atom is 0.325 e. The summed E-state index contributed by atoms with van der Waals surface area (Å²) in [5, 5.41) is 2.91. The van der Waals surface area contributed by atoms with E-state index in [0.29, 0.717) is 31.7 Å². The van der Waals surface area contributed by atoms with E-state index in [-0.39, 0.29) is 11.9 Å². The van der Waals surface area contributed by atoms with Crippen molar-refractivity contribution in [2.24, 2.45) is 0 Å². The Balaban J connectivity index is 1.60. The van der Waals surface area contributed by atoms with Crippen LogP contribution >= 0.6 is 0 Å². The Morgan fingerprint density at radius 2 is 1.96 bits per heavy atom. The van der Waals surface area contributed by atoms with Crippen LogP contribution in [0, 0.1) is 0 Å². The third kappa shape index (κ3) is 2.22. The zero-order valence-corrected chi connectivity index (χ0v) is 13.1. The number of rotatable bonds is 3. The molecule has 0 radical (unpaired) electrons. The molecule has 122 valence electrons. The molecule has 1 atom stereocenters. The van der Waals surface area contributed by atoms with Gasteiger partial charge in [0.25, 0.3) is 5.91 Å². The lowest BCUT2D eigenvalue weighted by Gasteiger charge is -2.33. The van der Waals surface area contributed by atoms with Gasteiger partial charge in [-0.25, -0.2) is 4.79 Å². The Kier molecular flexibility index (Phi) is 3.45. The second kappa shape index (κ2) is 5.63. The smallest absolute Gasteiger partial charge is 0.325 e. The molecule has 4 rings (SSSR count). The normalized spacial score (nSPS) is 22.2. The molecule has 24 heavy (non-hydrogen) atoms. The summed E-state index contributed by atoms with van der Waals surface area (Å²) in [6.45, 7) is 0.751. The molecule has 1 saturated heterocycles. The first-order chi connectivity index (χ1) is 11.7. The van der Waals surface area contributed by atoms with Crippen molar-refractivity contribution >= 4 is 11.9 Å². The van der Waals surface area contributed by atoms with Crippen molar-refractivity contribution in [1.29, 1.82) is 0 Å². The Bertz CT molecular complexity index is 793. The van der Waals surface area contributed by atoms with Gasteiger partial charge in [-0.05, 0) is 30.2 Å².